The molecule has 2 nitrogen and oxygen atoms in total. The quantitative estimate of drug-likeness (QED) is 0.662. The maximum absolute atomic E-state index is 12.3. The third kappa shape index (κ3) is 4.97. The molecule has 0 aromatic heterocycles. The summed E-state index contributed by atoms with van der Waals surface area (Å²) in [5.74, 6) is -0.0861. The molecule has 0 bridgehead atoms. The zero-order valence-corrected chi connectivity index (χ0v) is 15.0. The maximum atomic E-state index is 12.3. The number of halogens is 2. The van der Waals surface area contributed by atoms with Crippen LogP contribution < -0.4 is 5.32 Å². The molecular weight excluding hydrogens is 394 g/mol. The number of carbonyl (C=O) groups is 1. The van der Waals surface area contributed by atoms with Gasteiger partial charge in [-0.2, -0.15) is 0 Å². The number of amides is 1. The van der Waals surface area contributed by atoms with Crippen molar-refractivity contribution in [1.82, 2.24) is 0 Å². The lowest BCUT2D eigenvalue weighted by atomic mass is 10.1. The highest BCUT2D eigenvalue weighted by molar-refractivity contribution is 9.10. The monoisotopic (exact) mass is 409 g/mol. The first-order valence-corrected chi connectivity index (χ1v) is 8.73. The first-order chi connectivity index (χ1) is 10.1. The molecule has 21 heavy (non-hydrogen) atoms. The summed E-state index contributed by atoms with van der Waals surface area (Å²) >= 11 is 6.86. The topological polar surface area (TPSA) is 29.1 Å². The van der Waals surface area contributed by atoms with Crippen LogP contribution in [0.15, 0.2) is 46.9 Å². The predicted octanol–water partition coefficient (Wildman–Crippen LogP) is 5.34. The number of hydrogen-bond acceptors (Lipinski definition) is 1. The van der Waals surface area contributed by atoms with Crippen LogP contribution in [0.1, 0.15) is 27.9 Å². The Bertz CT molecular complexity index is 620. The number of aryl methyl sites for hydroxylation is 2. The Morgan fingerprint density at radius 2 is 2.00 bits per heavy atom. The summed E-state index contributed by atoms with van der Waals surface area (Å²) in [6.45, 7) is 1.97. The van der Waals surface area contributed by atoms with E-state index in [-0.39, 0.29) is 5.91 Å². The molecule has 2 rings (SSSR count). The average Bonchev–Trinajstić information content (AvgIpc) is 2.44. The van der Waals surface area contributed by atoms with Gasteiger partial charge in [0.2, 0.25) is 0 Å². The summed E-state index contributed by atoms with van der Waals surface area (Å²) in [6.07, 6.45) is 2.09. The van der Waals surface area contributed by atoms with Gasteiger partial charge in [0.15, 0.2) is 0 Å². The van der Waals surface area contributed by atoms with Gasteiger partial charge in [-0.15, -0.1) is 0 Å². The van der Waals surface area contributed by atoms with Crippen molar-refractivity contribution in [2.75, 3.05) is 10.6 Å². The van der Waals surface area contributed by atoms with Gasteiger partial charge in [0, 0.05) is 21.1 Å². The van der Waals surface area contributed by atoms with E-state index >= 15 is 0 Å². The first-order valence-electron chi connectivity index (χ1n) is 6.82. The standard InChI is InChI=1S/C17H17Br2NO/c1-12-8-14(11-15(19)9-12)17(21)20-16-6-2-4-13(10-16)5-3-7-18/h2,4,6,8-11H,3,5,7H2,1H3,(H,20,21). The van der Waals surface area contributed by atoms with Crippen molar-refractivity contribution < 1.29 is 4.79 Å². The number of anilines is 1. The molecule has 1 N–H and O–H groups in total. The summed E-state index contributed by atoms with van der Waals surface area (Å²) in [5, 5.41) is 3.94. The number of benzene rings is 2. The molecule has 0 saturated carbocycles. The Labute approximate surface area is 142 Å². The van der Waals surface area contributed by atoms with E-state index in [2.05, 4.69) is 43.2 Å². The lowest BCUT2D eigenvalue weighted by Crippen LogP contribution is -2.12. The van der Waals surface area contributed by atoms with E-state index in [1.54, 1.807) is 0 Å². The normalized spacial score (nSPS) is 10.4. The van der Waals surface area contributed by atoms with Crippen molar-refractivity contribution in [2.45, 2.75) is 19.8 Å². The summed E-state index contributed by atoms with van der Waals surface area (Å²) in [6, 6.07) is 13.7. The molecule has 0 aliphatic rings. The molecule has 0 saturated heterocycles. The molecule has 110 valence electrons. The Morgan fingerprint density at radius 1 is 1.19 bits per heavy atom. The molecule has 0 aliphatic carbocycles. The van der Waals surface area contributed by atoms with Crippen LogP contribution in [0.3, 0.4) is 0 Å². The zero-order valence-electron chi connectivity index (χ0n) is 11.8. The number of carbonyl (C=O) groups excluding carboxylic acids is 1. The molecule has 0 atom stereocenters. The van der Waals surface area contributed by atoms with Gasteiger partial charge in [0.1, 0.15) is 0 Å². The van der Waals surface area contributed by atoms with Crippen molar-refractivity contribution in [3.05, 3.63) is 63.6 Å². The summed E-state index contributed by atoms with van der Waals surface area (Å²) in [5.41, 5.74) is 3.79. The van der Waals surface area contributed by atoms with Gasteiger partial charge in [-0.25, -0.2) is 0 Å². The SMILES string of the molecule is Cc1cc(Br)cc(C(=O)Nc2cccc(CCCBr)c2)c1. The summed E-state index contributed by atoms with van der Waals surface area (Å²) < 4.78 is 0.915. The molecule has 0 radical (unpaired) electrons. The number of hydrogen-bond donors (Lipinski definition) is 1. The van der Waals surface area contributed by atoms with Crippen molar-refractivity contribution in [3.63, 3.8) is 0 Å². The van der Waals surface area contributed by atoms with Gasteiger partial charge >= 0.3 is 0 Å². The molecule has 2 aromatic carbocycles. The molecule has 0 unspecified atom stereocenters. The van der Waals surface area contributed by atoms with E-state index in [1.807, 2.05) is 43.3 Å². The van der Waals surface area contributed by atoms with E-state index in [9.17, 15) is 4.79 Å². The average molecular weight is 411 g/mol. The first kappa shape index (κ1) is 16.2. The van der Waals surface area contributed by atoms with Crippen molar-refractivity contribution in [1.29, 1.82) is 0 Å². The Kier molecular flexibility index (Phi) is 6.00. The second-order valence-electron chi connectivity index (χ2n) is 4.96. The van der Waals surface area contributed by atoms with E-state index in [1.165, 1.54) is 5.56 Å². The minimum absolute atomic E-state index is 0.0861. The third-order valence-electron chi connectivity index (χ3n) is 3.09. The second kappa shape index (κ2) is 7.76. The molecule has 2 aromatic rings. The van der Waals surface area contributed by atoms with E-state index < -0.39 is 0 Å². The Morgan fingerprint density at radius 3 is 2.71 bits per heavy atom. The van der Waals surface area contributed by atoms with Crippen LogP contribution in [0.2, 0.25) is 0 Å². The second-order valence-corrected chi connectivity index (χ2v) is 6.67. The van der Waals surface area contributed by atoms with Gasteiger partial charge in [0.25, 0.3) is 5.91 Å². The van der Waals surface area contributed by atoms with Crippen molar-refractivity contribution >= 4 is 43.5 Å². The van der Waals surface area contributed by atoms with Crippen LogP contribution in [0.4, 0.5) is 5.69 Å². The van der Waals surface area contributed by atoms with E-state index in [0.29, 0.717) is 5.56 Å². The lowest BCUT2D eigenvalue weighted by molar-refractivity contribution is 0.102. The minimum Gasteiger partial charge on any atom is -0.322 e. The van der Waals surface area contributed by atoms with E-state index in [4.69, 9.17) is 0 Å². The molecule has 4 heteroatoms. The number of rotatable bonds is 5. The Balaban J connectivity index is 2.11. The molecule has 0 spiro atoms. The van der Waals surface area contributed by atoms with Gasteiger partial charge in [-0.05, 0) is 61.2 Å². The van der Waals surface area contributed by atoms with Crippen LogP contribution in [0, 0.1) is 6.92 Å². The van der Waals surface area contributed by atoms with Gasteiger partial charge in [-0.1, -0.05) is 44.0 Å². The fourth-order valence-corrected chi connectivity index (χ4v) is 3.03. The fourth-order valence-electron chi connectivity index (χ4n) is 2.15. The largest absolute Gasteiger partial charge is 0.322 e. The minimum atomic E-state index is -0.0861. The zero-order chi connectivity index (χ0) is 15.2. The van der Waals surface area contributed by atoms with Gasteiger partial charge in [0.05, 0.1) is 0 Å². The highest BCUT2D eigenvalue weighted by Gasteiger charge is 2.08. The van der Waals surface area contributed by atoms with Crippen molar-refractivity contribution in [3.8, 4) is 0 Å². The van der Waals surface area contributed by atoms with Crippen molar-refractivity contribution in [2.24, 2.45) is 0 Å². The predicted molar refractivity (Wildman–Crippen MR) is 95.4 cm³/mol. The van der Waals surface area contributed by atoms with Gasteiger partial charge < -0.3 is 5.32 Å². The van der Waals surface area contributed by atoms with Crippen LogP contribution in [-0.4, -0.2) is 11.2 Å². The molecule has 0 aliphatic heterocycles. The number of alkyl halides is 1. The van der Waals surface area contributed by atoms with Crippen LogP contribution in [0.25, 0.3) is 0 Å². The van der Waals surface area contributed by atoms with Crippen LogP contribution in [-0.2, 0) is 6.42 Å². The molecule has 0 fully saturated rings. The number of nitrogens with one attached hydrogen (secondary N) is 1. The third-order valence-corrected chi connectivity index (χ3v) is 4.11. The van der Waals surface area contributed by atoms with E-state index in [0.717, 1.165) is 33.9 Å². The van der Waals surface area contributed by atoms with Crippen LogP contribution in [0.5, 0.6) is 0 Å². The van der Waals surface area contributed by atoms with Crippen LogP contribution >= 0.6 is 31.9 Å². The molecular formula is C17H17Br2NO. The smallest absolute Gasteiger partial charge is 0.255 e. The molecule has 1 amide bonds. The summed E-state index contributed by atoms with van der Waals surface area (Å²) in [4.78, 5) is 12.3. The lowest BCUT2D eigenvalue weighted by Gasteiger charge is -2.08. The highest BCUT2D eigenvalue weighted by Crippen LogP contribution is 2.18. The Hall–Kier alpha value is -1.13. The maximum Gasteiger partial charge on any atom is 0.255 e. The fraction of sp³-hybridized carbons (Fsp3) is 0.235. The van der Waals surface area contributed by atoms with Gasteiger partial charge in [-0.3, -0.25) is 4.79 Å². The highest BCUT2D eigenvalue weighted by atomic mass is 79.9. The summed E-state index contributed by atoms with van der Waals surface area (Å²) in [7, 11) is 0. The molecule has 0 heterocycles.